The molecule has 25 N–H and O–H groups in total. The van der Waals surface area contributed by atoms with Gasteiger partial charge in [0.15, 0.2) is 0 Å². The van der Waals surface area contributed by atoms with E-state index in [0.717, 1.165) is 0 Å². The van der Waals surface area contributed by atoms with Crippen LogP contribution in [-0.4, -0.2) is 226 Å². The highest BCUT2D eigenvalue weighted by Gasteiger charge is 2.38. The molecule has 0 aliphatic rings. The quantitative estimate of drug-likeness (QED) is 0.0214. The van der Waals surface area contributed by atoms with Gasteiger partial charge in [0, 0.05) is 18.6 Å². The lowest BCUT2D eigenvalue weighted by molar-refractivity contribution is -0.143. The lowest BCUT2D eigenvalue weighted by Crippen LogP contribution is -2.62. The molecule has 0 saturated carbocycles. The van der Waals surface area contributed by atoms with E-state index in [9.17, 15) is 87.5 Å². The van der Waals surface area contributed by atoms with E-state index in [0.29, 0.717) is 43.5 Å². The Morgan fingerprint density at radius 2 is 0.857 bits per heavy atom. The first-order chi connectivity index (χ1) is 46.4. The molecule has 1 aromatic rings. The molecule has 0 aliphatic heterocycles. The largest absolute Gasteiger partial charge is 0.481 e. The number of rotatable bonds is 52. The van der Waals surface area contributed by atoms with Gasteiger partial charge < -0.3 is 108 Å². The van der Waals surface area contributed by atoms with Gasteiger partial charge in [-0.05, 0) is 126 Å². The van der Waals surface area contributed by atoms with Gasteiger partial charge >= 0.3 is 11.9 Å². The van der Waals surface area contributed by atoms with Crippen LogP contribution in [0.3, 0.4) is 0 Å². The second-order valence-corrected chi connectivity index (χ2v) is 25.4. The first kappa shape index (κ1) is 88.3. The van der Waals surface area contributed by atoms with Crippen molar-refractivity contribution in [2.75, 3.05) is 50.6 Å². The van der Waals surface area contributed by atoms with Gasteiger partial charge in [-0.1, -0.05) is 64.4 Å². The number of carboxylic acids is 2. The van der Waals surface area contributed by atoms with Gasteiger partial charge in [-0.2, -0.15) is 24.4 Å². The first-order valence-electron chi connectivity index (χ1n) is 32.7. The number of carbonyl (C=O) groups excluding carboxylic acids is 12. The van der Waals surface area contributed by atoms with Crippen LogP contribution in [0, 0.1) is 11.8 Å². The number of carboxylic acid groups (broad SMARTS) is 2. The summed E-state index contributed by atoms with van der Waals surface area (Å²) in [6, 6.07) is -10.1. The zero-order valence-electron chi connectivity index (χ0n) is 56.5. The molecule has 0 heterocycles. The summed E-state index contributed by atoms with van der Waals surface area (Å²) in [7, 11) is 0. The Hall–Kier alpha value is -7.74. The number of unbranched alkanes of at least 4 members (excludes halogenated alkanes) is 3. The molecular weight excluding hydrogens is 1320 g/mol. The van der Waals surface area contributed by atoms with Crippen molar-refractivity contribution in [2.24, 2.45) is 40.5 Å². The number of hydrogen-bond donors (Lipinski definition) is 21. The van der Waals surface area contributed by atoms with E-state index in [1.54, 1.807) is 64.3 Å². The third-order valence-corrected chi connectivity index (χ3v) is 16.5. The Bertz CT molecular complexity index is 2740. The fraction of sp³-hybridized carbons (Fsp3) is 0.677. The SMILES string of the molecule is CC[C@H](C)[C@H](NC(=O)[C@H](CCSC)NC(=O)[C@H](CO)NC(=O)[C@H](Cc1ccccc1)NC(=O)[C@H](CO)NC(=O)[C@H](CCCCN)NC(=O)[C@H](CC(=O)O)NC(=O)[C@H](CC(C)C)NC(=O)[C@H](CCCCN)NC(=O)[C@H](CCC(N)=O)NC(=O)[C@@H](N)CS)C(=O)N[C@@H](CCCCN)C(=O)O. The Morgan fingerprint density at radius 3 is 1.29 bits per heavy atom. The number of primary amides is 1. The third-order valence-electron chi connectivity index (χ3n) is 15.5. The second-order valence-electron chi connectivity index (χ2n) is 24.0. The molecule has 0 saturated heterocycles. The summed E-state index contributed by atoms with van der Waals surface area (Å²) in [5, 5.41) is 68.0. The molecule has 12 amide bonds. The molecule has 0 spiro atoms. The van der Waals surface area contributed by atoms with Gasteiger partial charge in [0.25, 0.3) is 0 Å². The Balaban J connectivity index is 3.58. The monoisotopic (exact) mass is 1430 g/mol. The number of thioether (sulfide) groups is 1. The second kappa shape index (κ2) is 48.9. The maximum Gasteiger partial charge on any atom is 0.326 e. The number of thiol groups is 1. The Morgan fingerprint density at radius 1 is 0.480 bits per heavy atom. The summed E-state index contributed by atoms with van der Waals surface area (Å²) in [5.41, 5.74) is 28.6. The van der Waals surface area contributed by atoms with E-state index in [-0.39, 0.29) is 95.4 Å². The van der Waals surface area contributed by atoms with Gasteiger partial charge in [0.2, 0.25) is 70.9 Å². The zero-order valence-corrected chi connectivity index (χ0v) is 58.2. The molecule has 1 rings (SSSR count). The number of nitrogens with two attached hydrogens (primary N) is 5. The fourth-order valence-corrected chi connectivity index (χ4v) is 10.3. The van der Waals surface area contributed by atoms with E-state index in [4.69, 9.17) is 28.7 Å². The summed E-state index contributed by atoms with van der Waals surface area (Å²) < 4.78 is 0. The van der Waals surface area contributed by atoms with E-state index in [1.165, 1.54) is 11.8 Å². The maximum absolute atomic E-state index is 14.3. The summed E-state index contributed by atoms with van der Waals surface area (Å²) >= 11 is 5.32. The molecule has 0 aromatic heterocycles. The van der Waals surface area contributed by atoms with Gasteiger partial charge in [-0.25, -0.2) is 4.79 Å². The Kier molecular flexibility index (Phi) is 44.0. The number of benzene rings is 1. The maximum atomic E-state index is 14.3. The summed E-state index contributed by atoms with van der Waals surface area (Å²) in [5.74, 6) is -15.3. The Labute approximate surface area is 580 Å². The third kappa shape index (κ3) is 34.2. The van der Waals surface area contributed by atoms with Gasteiger partial charge in [0.1, 0.15) is 66.5 Å². The molecule has 554 valence electrons. The molecule has 13 atom stereocenters. The number of amides is 12. The van der Waals surface area contributed by atoms with Crippen LogP contribution in [-0.2, 0) is 73.5 Å². The van der Waals surface area contributed by atoms with Gasteiger partial charge in [-0.15, -0.1) is 0 Å². The highest BCUT2D eigenvalue weighted by Crippen LogP contribution is 2.15. The minimum absolute atomic E-state index is 0.0123. The molecule has 0 radical (unpaired) electrons. The molecular formula is C62H106N16O18S2. The lowest BCUT2D eigenvalue weighted by Gasteiger charge is -2.29. The van der Waals surface area contributed by atoms with Crippen molar-refractivity contribution in [1.82, 2.24) is 58.5 Å². The molecule has 0 bridgehead atoms. The van der Waals surface area contributed by atoms with Crippen molar-refractivity contribution in [3.05, 3.63) is 35.9 Å². The number of carbonyl (C=O) groups is 14. The normalized spacial score (nSPS) is 15.2. The van der Waals surface area contributed by atoms with Crippen molar-refractivity contribution in [2.45, 2.75) is 203 Å². The number of aliphatic hydroxyl groups excluding tert-OH is 2. The van der Waals surface area contributed by atoms with E-state index < -0.39 is 181 Å². The standard InChI is InChI=1S/C62H106N16O18S2/c1-6-35(4)50(61(94)72-42(62(95)96)20-12-15-26-65)78-55(88)41(23-27-98-5)71-59(92)46(31-79)77-57(90)44(29-36-16-8-7-9-17-36)74-60(93)47(32-80)76-53(86)39(19-11-14-25-64)70-58(91)45(30-49(82)83)75-56(89)43(28-34(2)3)73-52(85)38(18-10-13-24-63)69-54(87)40(21-22-48(67)81)68-51(84)37(66)33-97/h7-9,16-17,34-35,37-47,50,79-80,97H,6,10-15,18-33,63-66H2,1-5H3,(H2,67,81)(H,68,84)(H,69,87)(H,70,91)(H,71,92)(H,72,94)(H,73,85)(H,74,93)(H,75,89)(H,76,86)(H,77,90)(H,78,88)(H,82,83)(H,95,96)/t35-,37-,38-,39-,40-,41-,42-,43-,44-,45-,46-,47-,50-/m0/s1. The molecule has 0 fully saturated rings. The van der Waals surface area contributed by atoms with E-state index >= 15 is 0 Å². The average Bonchev–Trinajstić information content (AvgIpc) is 1.09. The molecule has 34 nitrogen and oxygen atoms in total. The van der Waals surface area contributed by atoms with Gasteiger partial charge in [0.05, 0.1) is 25.7 Å². The zero-order chi connectivity index (χ0) is 74.0. The molecule has 0 unspecified atom stereocenters. The van der Waals surface area contributed by atoms with Crippen LogP contribution in [0.4, 0.5) is 0 Å². The van der Waals surface area contributed by atoms with Gasteiger partial charge in [-0.3, -0.25) is 62.3 Å². The topological polar surface area (TPSA) is 582 Å². The van der Waals surface area contributed by atoms with Crippen LogP contribution in [0.5, 0.6) is 0 Å². The summed E-state index contributed by atoms with van der Waals surface area (Å²) in [6.45, 7) is 5.25. The van der Waals surface area contributed by atoms with Crippen LogP contribution >= 0.6 is 24.4 Å². The summed E-state index contributed by atoms with van der Waals surface area (Å²) in [6.07, 6.45) is 1.83. The van der Waals surface area contributed by atoms with E-state index in [2.05, 4.69) is 71.1 Å². The average molecular weight is 1430 g/mol. The predicted octanol–water partition coefficient (Wildman–Crippen LogP) is -5.14. The van der Waals surface area contributed by atoms with Crippen LogP contribution < -0.4 is 87.2 Å². The van der Waals surface area contributed by atoms with Crippen molar-refractivity contribution in [3.63, 3.8) is 0 Å². The number of aliphatic hydroxyl groups is 2. The van der Waals surface area contributed by atoms with Crippen LogP contribution in [0.1, 0.15) is 130 Å². The van der Waals surface area contributed by atoms with Crippen LogP contribution in [0.25, 0.3) is 0 Å². The molecule has 0 aliphatic carbocycles. The van der Waals surface area contributed by atoms with Crippen molar-refractivity contribution in [1.29, 1.82) is 0 Å². The highest BCUT2D eigenvalue weighted by atomic mass is 32.2. The van der Waals surface area contributed by atoms with Crippen LogP contribution in [0.15, 0.2) is 30.3 Å². The smallest absolute Gasteiger partial charge is 0.326 e. The van der Waals surface area contributed by atoms with Crippen molar-refractivity contribution >= 4 is 107 Å². The number of aliphatic carboxylic acids is 2. The number of hydrogen-bond acceptors (Lipinski definition) is 22. The van der Waals surface area contributed by atoms with Crippen molar-refractivity contribution < 1.29 is 87.5 Å². The molecule has 36 heteroatoms. The minimum Gasteiger partial charge on any atom is -0.481 e. The summed E-state index contributed by atoms with van der Waals surface area (Å²) in [4.78, 5) is 189. The predicted molar refractivity (Wildman–Crippen MR) is 366 cm³/mol. The fourth-order valence-electron chi connectivity index (χ4n) is 9.62. The lowest BCUT2D eigenvalue weighted by atomic mass is 9.97. The first-order valence-corrected chi connectivity index (χ1v) is 34.8. The minimum atomic E-state index is -1.94. The van der Waals surface area contributed by atoms with Crippen LogP contribution in [0.2, 0.25) is 0 Å². The molecule has 1 aromatic carbocycles. The number of nitrogens with one attached hydrogen (secondary N) is 11. The van der Waals surface area contributed by atoms with Crippen molar-refractivity contribution in [3.8, 4) is 0 Å². The molecule has 98 heavy (non-hydrogen) atoms. The van der Waals surface area contributed by atoms with E-state index in [1.807, 2.05) is 0 Å². The highest BCUT2D eigenvalue weighted by molar-refractivity contribution is 7.98.